The number of nitrogens with one attached hydrogen (secondary N) is 1. The minimum atomic E-state index is -0.503. The van der Waals surface area contributed by atoms with Crippen LogP contribution in [0.1, 0.15) is 17.1 Å². The molecule has 27 heavy (non-hydrogen) atoms. The van der Waals surface area contributed by atoms with Crippen molar-refractivity contribution in [1.82, 2.24) is 14.8 Å². The Balaban J connectivity index is 1.60. The largest absolute Gasteiger partial charge is 0.455 e. The molecule has 1 amide bonds. The first kappa shape index (κ1) is 18.3. The minimum absolute atomic E-state index is 0.0259. The SMILES string of the molecule is Cc1nn(-c2ccccc2)c(C)c1NC(=O)COC(=O)Cc1ccccn1. The fraction of sp³-hybridized carbons (Fsp3) is 0.200. The fourth-order valence-corrected chi connectivity index (χ4v) is 2.67. The van der Waals surface area contributed by atoms with Gasteiger partial charge in [0.05, 0.1) is 34.9 Å². The lowest BCUT2D eigenvalue weighted by molar-refractivity contribution is -0.146. The molecule has 2 aromatic heterocycles. The van der Waals surface area contributed by atoms with Gasteiger partial charge < -0.3 is 10.1 Å². The molecule has 1 aromatic carbocycles. The molecule has 0 atom stereocenters. The predicted octanol–water partition coefficient (Wildman–Crippen LogP) is 2.61. The van der Waals surface area contributed by atoms with Crippen LogP contribution in [0.25, 0.3) is 5.69 Å². The predicted molar refractivity (Wildman–Crippen MR) is 101 cm³/mol. The summed E-state index contributed by atoms with van der Waals surface area (Å²) in [6.45, 7) is 3.33. The molecule has 2 heterocycles. The number of nitrogens with zero attached hydrogens (tertiary/aromatic N) is 3. The summed E-state index contributed by atoms with van der Waals surface area (Å²) in [6, 6.07) is 14.9. The average molecular weight is 364 g/mol. The number of aryl methyl sites for hydroxylation is 1. The van der Waals surface area contributed by atoms with Gasteiger partial charge in [-0.15, -0.1) is 0 Å². The van der Waals surface area contributed by atoms with Crippen molar-refractivity contribution >= 4 is 17.6 Å². The Kier molecular flexibility index (Phi) is 5.61. The van der Waals surface area contributed by atoms with Crippen LogP contribution in [0, 0.1) is 13.8 Å². The summed E-state index contributed by atoms with van der Waals surface area (Å²) in [6.07, 6.45) is 1.63. The molecular weight excluding hydrogens is 344 g/mol. The number of benzene rings is 1. The third-order valence-electron chi connectivity index (χ3n) is 3.97. The number of rotatable bonds is 6. The maximum atomic E-state index is 12.2. The number of pyridine rings is 1. The molecule has 0 radical (unpaired) electrons. The van der Waals surface area contributed by atoms with Crippen molar-refractivity contribution in [2.45, 2.75) is 20.3 Å². The van der Waals surface area contributed by atoms with Gasteiger partial charge in [-0.25, -0.2) is 4.68 Å². The van der Waals surface area contributed by atoms with E-state index in [0.29, 0.717) is 17.1 Å². The van der Waals surface area contributed by atoms with Gasteiger partial charge in [-0.2, -0.15) is 5.10 Å². The molecule has 0 spiro atoms. The quantitative estimate of drug-likeness (QED) is 0.680. The summed E-state index contributed by atoms with van der Waals surface area (Å²) in [5.74, 6) is -0.916. The lowest BCUT2D eigenvalue weighted by Crippen LogP contribution is -2.22. The second kappa shape index (κ2) is 8.27. The van der Waals surface area contributed by atoms with E-state index in [9.17, 15) is 9.59 Å². The van der Waals surface area contributed by atoms with Gasteiger partial charge in [-0.1, -0.05) is 24.3 Å². The average Bonchev–Trinajstić information content (AvgIpc) is 2.96. The van der Waals surface area contributed by atoms with E-state index >= 15 is 0 Å². The fourth-order valence-electron chi connectivity index (χ4n) is 2.67. The topological polar surface area (TPSA) is 86.1 Å². The van der Waals surface area contributed by atoms with Crippen LogP contribution in [-0.2, 0) is 20.7 Å². The second-order valence-electron chi connectivity index (χ2n) is 6.00. The van der Waals surface area contributed by atoms with E-state index in [2.05, 4.69) is 15.4 Å². The van der Waals surface area contributed by atoms with Gasteiger partial charge in [0.25, 0.3) is 5.91 Å². The van der Waals surface area contributed by atoms with Crippen LogP contribution in [0.4, 0.5) is 5.69 Å². The molecule has 0 fully saturated rings. The number of aromatic nitrogens is 3. The molecule has 7 nitrogen and oxygen atoms in total. The van der Waals surface area contributed by atoms with Crippen LogP contribution in [0.3, 0.4) is 0 Å². The molecule has 0 aliphatic heterocycles. The number of para-hydroxylation sites is 1. The van der Waals surface area contributed by atoms with E-state index in [0.717, 1.165) is 11.4 Å². The first-order valence-corrected chi connectivity index (χ1v) is 8.51. The molecule has 3 aromatic rings. The van der Waals surface area contributed by atoms with Crippen molar-refractivity contribution < 1.29 is 14.3 Å². The van der Waals surface area contributed by atoms with Crippen LogP contribution in [0.2, 0.25) is 0 Å². The van der Waals surface area contributed by atoms with Crippen molar-refractivity contribution in [1.29, 1.82) is 0 Å². The highest BCUT2D eigenvalue weighted by molar-refractivity contribution is 5.94. The highest BCUT2D eigenvalue weighted by Crippen LogP contribution is 2.22. The van der Waals surface area contributed by atoms with Gasteiger partial charge in [0.1, 0.15) is 0 Å². The highest BCUT2D eigenvalue weighted by atomic mass is 16.5. The second-order valence-corrected chi connectivity index (χ2v) is 6.00. The third-order valence-corrected chi connectivity index (χ3v) is 3.97. The maximum Gasteiger partial charge on any atom is 0.312 e. The Morgan fingerprint density at radius 3 is 2.52 bits per heavy atom. The molecule has 7 heteroatoms. The number of amides is 1. The van der Waals surface area contributed by atoms with Crippen LogP contribution in [-0.4, -0.2) is 33.2 Å². The standard InChI is InChI=1S/C20H20N4O3/c1-14-20(15(2)24(23-14)17-9-4-3-5-10-17)22-18(25)13-27-19(26)12-16-8-6-7-11-21-16/h3-11H,12-13H2,1-2H3,(H,22,25). The summed E-state index contributed by atoms with van der Waals surface area (Å²) in [5, 5.41) is 7.24. The van der Waals surface area contributed by atoms with Gasteiger partial charge >= 0.3 is 5.97 Å². The monoisotopic (exact) mass is 364 g/mol. The molecule has 0 aliphatic carbocycles. The summed E-state index contributed by atoms with van der Waals surface area (Å²) in [5.41, 5.74) is 3.60. The minimum Gasteiger partial charge on any atom is -0.455 e. The maximum absolute atomic E-state index is 12.2. The van der Waals surface area contributed by atoms with Crippen LogP contribution in [0.15, 0.2) is 54.7 Å². The summed E-state index contributed by atoms with van der Waals surface area (Å²) < 4.78 is 6.79. The van der Waals surface area contributed by atoms with Crippen LogP contribution in [0.5, 0.6) is 0 Å². The molecule has 0 unspecified atom stereocenters. The molecule has 1 N–H and O–H groups in total. The van der Waals surface area contributed by atoms with Gasteiger partial charge in [-0.3, -0.25) is 14.6 Å². The first-order chi connectivity index (χ1) is 13.0. The van der Waals surface area contributed by atoms with E-state index in [1.54, 1.807) is 29.1 Å². The molecular formula is C20H20N4O3. The zero-order valence-electron chi connectivity index (χ0n) is 15.2. The molecule has 138 valence electrons. The number of hydrogen-bond acceptors (Lipinski definition) is 5. The van der Waals surface area contributed by atoms with E-state index in [4.69, 9.17) is 4.74 Å². The van der Waals surface area contributed by atoms with E-state index in [1.807, 2.05) is 44.2 Å². The Morgan fingerprint density at radius 1 is 1.07 bits per heavy atom. The Morgan fingerprint density at radius 2 is 1.81 bits per heavy atom. The van der Waals surface area contributed by atoms with Crippen LogP contribution >= 0.6 is 0 Å². The van der Waals surface area contributed by atoms with E-state index in [1.165, 1.54) is 0 Å². The van der Waals surface area contributed by atoms with Crippen molar-refractivity contribution in [3.63, 3.8) is 0 Å². The summed E-state index contributed by atoms with van der Waals surface area (Å²) >= 11 is 0. The number of carbonyl (C=O) groups is 2. The van der Waals surface area contributed by atoms with Gasteiger partial charge in [0.15, 0.2) is 6.61 Å². The number of anilines is 1. The number of carbonyl (C=O) groups excluding carboxylic acids is 2. The first-order valence-electron chi connectivity index (χ1n) is 8.51. The van der Waals surface area contributed by atoms with Gasteiger partial charge in [0.2, 0.25) is 0 Å². The van der Waals surface area contributed by atoms with E-state index < -0.39 is 11.9 Å². The Labute approximate surface area is 157 Å². The summed E-state index contributed by atoms with van der Waals surface area (Å²) in [4.78, 5) is 28.1. The number of esters is 1. The number of ether oxygens (including phenoxy) is 1. The lowest BCUT2D eigenvalue weighted by Gasteiger charge is -2.08. The van der Waals surface area contributed by atoms with Gasteiger partial charge in [-0.05, 0) is 38.1 Å². The molecule has 0 aliphatic rings. The Bertz CT molecular complexity index is 937. The normalized spacial score (nSPS) is 10.4. The smallest absolute Gasteiger partial charge is 0.312 e. The third kappa shape index (κ3) is 4.58. The molecule has 3 rings (SSSR count). The zero-order valence-corrected chi connectivity index (χ0v) is 15.2. The summed E-state index contributed by atoms with van der Waals surface area (Å²) in [7, 11) is 0. The van der Waals surface area contributed by atoms with E-state index in [-0.39, 0.29) is 13.0 Å². The van der Waals surface area contributed by atoms with Gasteiger partial charge in [0, 0.05) is 6.20 Å². The van der Waals surface area contributed by atoms with Crippen LogP contribution < -0.4 is 5.32 Å². The number of hydrogen-bond donors (Lipinski definition) is 1. The zero-order chi connectivity index (χ0) is 19.2. The highest BCUT2D eigenvalue weighted by Gasteiger charge is 2.16. The lowest BCUT2D eigenvalue weighted by atomic mass is 10.3. The van der Waals surface area contributed by atoms with Crippen molar-refractivity contribution in [2.75, 3.05) is 11.9 Å². The molecule has 0 bridgehead atoms. The Hall–Kier alpha value is -3.48. The van der Waals surface area contributed by atoms with Crippen molar-refractivity contribution in [3.05, 3.63) is 71.8 Å². The molecule has 0 saturated heterocycles. The van der Waals surface area contributed by atoms with Crippen molar-refractivity contribution in [3.8, 4) is 5.69 Å². The van der Waals surface area contributed by atoms with Crippen molar-refractivity contribution in [2.24, 2.45) is 0 Å². The molecule has 0 saturated carbocycles.